The van der Waals surface area contributed by atoms with Crippen molar-refractivity contribution in [1.29, 1.82) is 0 Å². The van der Waals surface area contributed by atoms with Crippen molar-refractivity contribution in [3.63, 3.8) is 0 Å². The highest BCUT2D eigenvalue weighted by Crippen LogP contribution is 2.31. The molecule has 112 valence electrons. The van der Waals surface area contributed by atoms with E-state index in [-0.39, 0.29) is 0 Å². The molecule has 1 fully saturated rings. The summed E-state index contributed by atoms with van der Waals surface area (Å²) in [5.41, 5.74) is 1.30. The summed E-state index contributed by atoms with van der Waals surface area (Å²) >= 11 is 0. The molecule has 2 atom stereocenters. The second-order valence-corrected chi connectivity index (χ2v) is 6.06. The molecule has 1 aliphatic rings. The Kier molecular flexibility index (Phi) is 5.21. The van der Waals surface area contributed by atoms with Gasteiger partial charge in [0.25, 0.3) is 0 Å². The molecule has 1 aromatic heterocycles. The molecular formula is C16H28N4. The van der Waals surface area contributed by atoms with E-state index in [1.54, 1.807) is 6.33 Å². The summed E-state index contributed by atoms with van der Waals surface area (Å²) in [4.78, 5) is 11.5. The fourth-order valence-electron chi connectivity index (χ4n) is 2.85. The Morgan fingerprint density at radius 2 is 1.85 bits per heavy atom. The smallest absolute Gasteiger partial charge is 0.137 e. The number of anilines is 2. The van der Waals surface area contributed by atoms with Crippen molar-refractivity contribution in [2.24, 2.45) is 11.8 Å². The van der Waals surface area contributed by atoms with Gasteiger partial charge in [-0.2, -0.15) is 0 Å². The summed E-state index contributed by atoms with van der Waals surface area (Å²) in [6.45, 7) is 12.3. The van der Waals surface area contributed by atoms with Crippen LogP contribution in [-0.4, -0.2) is 29.6 Å². The van der Waals surface area contributed by atoms with Crippen LogP contribution in [0.15, 0.2) is 6.33 Å². The Morgan fingerprint density at radius 1 is 1.15 bits per heavy atom. The lowest BCUT2D eigenvalue weighted by Crippen LogP contribution is -2.23. The van der Waals surface area contributed by atoms with E-state index in [0.29, 0.717) is 0 Å². The standard InChI is InChI=1S/C16H28N4/c1-5-7-14-15(17-8-6-2)18-11-19-16(14)20-9-12(3)13(4)10-20/h11-13H,5-10H2,1-4H3,(H,17,18,19). The molecule has 0 saturated carbocycles. The van der Waals surface area contributed by atoms with E-state index < -0.39 is 0 Å². The van der Waals surface area contributed by atoms with Gasteiger partial charge in [0.1, 0.15) is 18.0 Å². The molecule has 1 aromatic rings. The summed E-state index contributed by atoms with van der Waals surface area (Å²) < 4.78 is 0. The average molecular weight is 276 g/mol. The fourth-order valence-corrected chi connectivity index (χ4v) is 2.85. The third-order valence-corrected chi connectivity index (χ3v) is 4.25. The van der Waals surface area contributed by atoms with Crippen molar-refractivity contribution in [3.8, 4) is 0 Å². The number of nitrogens with one attached hydrogen (secondary N) is 1. The third-order valence-electron chi connectivity index (χ3n) is 4.25. The maximum absolute atomic E-state index is 4.59. The van der Waals surface area contributed by atoms with Crippen LogP contribution in [-0.2, 0) is 6.42 Å². The van der Waals surface area contributed by atoms with Gasteiger partial charge in [-0.25, -0.2) is 9.97 Å². The minimum Gasteiger partial charge on any atom is -0.370 e. The van der Waals surface area contributed by atoms with Crippen molar-refractivity contribution < 1.29 is 0 Å². The average Bonchev–Trinajstić information content (AvgIpc) is 2.77. The molecule has 1 saturated heterocycles. The van der Waals surface area contributed by atoms with Gasteiger partial charge in [0.15, 0.2) is 0 Å². The number of nitrogens with zero attached hydrogens (tertiary/aromatic N) is 3. The number of rotatable bonds is 6. The van der Waals surface area contributed by atoms with Crippen LogP contribution < -0.4 is 10.2 Å². The first-order valence-electron chi connectivity index (χ1n) is 8.00. The van der Waals surface area contributed by atoms with Gasteiger partial charge in [0.2, 0.25) is 0 Å². The summed E-state index contributed by atoms with van der Waals surface area (Å²) in [6.07, 6.45) is 4.99. The lowest BCUT2D eigenvalue weighted by molar-refractivity contribution is 0.494. The van der Waals surface area contributed by atoms with Crippen LogP contribution in [0.25, 0.3) is 0 Å². The lowest BCUT2D eigenvalue weighted by Gasteiger charge is -2.22. The van der Waals surface area contributed by atoms with Crippen molar-refractivity contribution in [1.82, 2.24) is 9.97 Å². The molecule has 1 N–H and O–H groups in total. The summed E-state index contributed by atoms with van der Waals surface area (Å²) in [5, 5.41) is 3.46. The van der Waals surface area contributed by atoms with E-state index in [9.17, 15) is 0 Å². The molecule has 0 bridgehead atoms. The van der Waals surface area contributed by atoms with Crippen LogP contribution in [0.2, 0.25) is 0 Å². The summed E-state index contributed by atoms with van der Waals surface area (Å²) in [5.74, 6) is 3.67. The molecule has 2 rings (SSSR count). The minimum absolute atomic E-state index is 0.742. The zero-order chi connectivity index (χ0) is 14.5. The molecule has 0 aliphatic carbocycles. The van der Waals surface area contributed by atoms with E-state index >= 15 is 0 Å². The van der Waals surface area contributed by atoms with Gasteiger partial charge in [-0.1, -0.05) is 34.1 Å². The summed E-state index contributed by atoms with van der Waals surface area (Å²) in [7, 11) is 0. The number of aromatic nitrogens is 2. The Hall–Kier alpha value is -1.32. The Labute approximate surface area is 123 Å². The zero-order valence-electron chi connectivity index (χ0n) is 13.3. The van der Waals surface area contributed by atoms with Crippen LogP contribution >= 0.6 is 0 Å². The molecule has 1 aliphatic heterocycles. The molecule has 2 heterocycles. The SMILES string of the molecule is CCCNc1ncnc(N2CC(C)C(C)C2)c1CCC. The molecule has 0 amide bonds. The molecule has 2 unspecified atom stereocenters. The predicted molar refractivity (Wildman–Crippen MR) is 85.3 cm³/mol. The van der Waals surface area contributed by atoms with Gasteiger partial charge in [-0.05, 0) is 24.7 Å². The van der Waals surface area contributed by atoms with Gasteiger partial charge in [-0.3, -0.25) is 0 Å². The summed E-state index contributed by atoms with van der Waals surface area (Å²) in [6, 6.07) is 0. The van der Waals surface area contributed by atoms with Gasteiger partial charge >= 0.3 is 0 Å². The van der Waals surface area contributed by atoms with Gasteiger partial charge in [-0.15, -0.1) is 0 Å². The normalized spacial score (nSPS) is 22.3. The van der Waals surface area contributed by atoms with E-state index in [1.807, 2.05) is 0 Å². The Morgan fingerprint density at radius 3 is 2.45 bits per heavy atom. The second kappa shape index (κ2) is 6.91. The topological polar surface area (TPSA) is 41.1 Å². The van der Waals surface area contributed by atoms with E-state index in [4.69, 9.17) is 0 Å². The second-order valence-electron chi connectivity index (χ2n) is 6.06. The van der Waals surface area contributed by atoms with Crippen LogP contribution in [0.3, 0.4) is 0 Å². The highest BCUT2D eigenvalue weighted by Gasteiger charge is 2.28. The van der Waals surface area contributed by atoms with Crippen molar-refractivity contribution in [2.45, 2.75) is 47.0 Å². The fraction of sp³-hybridized carbons (Fsp3) is 0.750. The molecule has 0 spiro atoms. The first kappa shape index (κ1) is 15.1. The van der Waals surface area contributed by atoms with E-state index in [0.717, 1.165) is 62.4 Å². The van der Waals surface area contributed by atoms with Crippen molar-refractivity contribution in [2.75, 3.05) is 29.9 Å². The highest BCUT2D eigenvalue weighted by atomic mass is 15.2. The first-order chi connectivity index (χ1) is 9.67. The zero-order valence-corrected chi connectivity index (χ0v) is 13.3. The number of hydrogen-bond donors (Lipinski definition) is 1. The van der Waals surface area contributed by atoms with Gasteiger partial charge in [0, 0.05) is 25.2 Å². The predicted octanol–water partition coefficient (Wildman–Crippen LogP) is 3.34. The quantitative estimate of drug-likeness (QED) is 0.865. The molecule has 20 heavy (non-hydrogen) atoms. The van der Waals surface area contributed by atoms with Crippen LogP contribution in [0.5, 0.6) is 0 Å². The van der Waals surface area contributed by atoms with Gasteiger partial charge < -0.3 is 10.2 Å². The van der Waals surface area contributed by atoms with Crippen LogP contribution in [0, 0.1) is 11.8 Å². The van der Waals surface area contributed by atoms with Crippen LogP contribution in [0.1, 0.15) is 46.1 Å². The minimum atomic E-state index is 0.742. The molecule has 0 aromatic carbocycles. The van der Waals surface area contributed by atoms with E-state index in [1.165, 1.54) is 5.56 Å². The first-order valence-corrected chi connectivity index (χ1v) is 8.00. The highest BCUT2D eigenvalue weighted by molar-refractivity contribution is 5.59. The van der Waals surface area contributed by atoms with Crippen molar-refractivity contribution >= 4 is 11.6 Å². The molecule has 0 radical (unpaired) electrons. The van der Waals surface area contributed by atoms with Crippen LogP contribution in [0.4, 0.5) is 11.6 Å². The Bertz CT molecular complexity index is 422. The van der Waals surface area contributed by atoms with Crippen molar-refractivity contribution in [3.05, 3.63) is 11.9 Å². The maximum Gasteiger partial charge on any atom is 0.137 e. The Balaban J connectivity index is 2.27. The lowest BCUT2D eigenvalue weighted by atomic mass is 10.0. The largest absolute Gasteiger partial charge is 0.370 e. The third kappa shape index (κ3) is 3.22. The van der Waals surface area contributed by atoms with E-state index in [2.05, 4.69) is 47.9 Å². The maximum atomic E-state index is 4.59. The molecule has 4 nitrogen and oxygen atoms in total. The number of hydrogen-bond acceptors (Lipinski definition) is 4. The molecular weight excluding hydrogens is 248 g/mol. The van der Waals surface area contributed by atoms with Gasteiger partial charge in [0.05, 0.1) is 0 Å². The molecule has 4 heteroatoms. The monoisotopic (exact) mass is 276 g/mol.